The Morgan fingerprint density at radius 3 is 2.50 bits per heavy atom. The number of anilines is 2. The smallest absolute Gasteiger partial charge is 0.268 e. The molecule has 2 amide bonds. The first-order valence-electron chi connectivity index (χ1n) is 10.6. The van der Waals surface area contributed by atoms with Crippen LogP contribution in [0.1, 0.15) is 20.0 Å². The summed E-state index contributed by atoms with van der Waals surface area (Å²) < 4.78 is 1.83. The zero-order valence-electron chi connectivity index (χ0n) is 18.6. The molecule has 3 aromatic heterocycles. The number of imidazole rings is 1. The highest BCUT2D eigenvalue weighted by Gasteiger charge is 2.17. The van der Waals surface area contributed by atoms with E-state index >= 15 is 0 Å². The van der Waals surface area contributed by atoms with E-state index in [0.717, 1.165) is 21.6 Å². The lowest BCUT2D eigenvalue weighted by atomic mass is 10.2. The summed E-state index contributed by atoms with van der Waals surface area (Å²) in [7, 11) is 3.58. The number of pyridine rings is 1. The number of carbonyl (C=O) groups excluding carboxylic acids is 2. The van der Waals surface area contributed by atoms with Gasteiger partial charge < -0.3 is 9.47 Å². The molecule has 0 aliphatic heterocycles. The summed E-state index contributed by atoms with van der Waals surface area (Å²) in [5.41, 5.74) is 3.89. The Bertz CT molecular complexity index is 1490. The number of nitrogens with one attached hydrogen (secondary N) is 1. The number of fused-ring (bicyclic) bond motifs is 1. The molecule has 0 bridgehead atoms. The van der Waals surface area contributed by atoms with Crippen LogP contribution in [0.15, 0.2) is 85.2 Å². The van der Waals surface area contributed by atoms with Crippen LogP contribution in [-0.2, 0) is 7.05 Å². The summed E-state index contributed by atoms with van der Waals surface area (Å²) in [6.07, 6.45) is 3.46. The first kappa shape index (κ1) is 21.5. The number of aromatic nitrogens is 3. The van der Waals surface area contributed by atoms with Crippen molar-refractivity contribution < 1.29 is 9.59 Å². The Morgan fingerprint density at radius 1 is 0.971 bits per heavy atom. The van der Waals surface area contributed by atoms with Gasteiger partial charge in [-0.1, -0.05) is 18.2 Å². The fraction of sp³-hybridized carbons (Fsp3) is 0.0769. The number of thiophene rings is 1. The highest BCUT2D eigenvalue weighted by molar-refractivity contribution is 7.17. The van der Waals surface area contributed by atoms with Crippen molar-refractivity contribution in [2.75, 3.05) is 17.3 Å². The topological polar surface area (TPSA) is 80.1 Å². The Balaban J connectivity index is 1.37. The van der Waals surface area contributed by atoms with Crippen molar-refractivity contribution in [2.24, 2.45) is 7.05 Å². The van der Waals surface area contributed by atoms with Crippen molar-refractivity contribution in [1.82, 2.24) is 14.5 Å². The monoisotopic (exact) mass is 467 g/mol. The molecule has 0 saturated heterocycles. The van der Waals surface area contributed by atoms with Crippen LogP contribution >= 0.6 is 11.3 Å². The SMILES string of the molecule is CN(C(=O)c1ccccc1)c1ccc2c(c1)nc(NC(=O)c1ccc(-c3ccncc3)s1)n2C. The van der Waals surface area contributed by atoms with Gasteiger partial charge in [-0.05, 0) is 60.2 Å². The third kappa shape index (κ3) is 4.06. The Morgan fingerprint density at radius 2 is 1.74 bits per heavy atom. The number of benzene rings is 2. The van der Waals surface area contributed by atoms with Crippen LogP contribution in [0.3, 0.4) is 0 Å². The molecular formula is C26H21N5O2S. The van der Waals surface area contributed by atoms with Gasteiger partial charge in [-0.3, -0.25) is 19.9 Å². The predicted octanol–water partition coefficient (Wildman–Crippen LogP) is 5.23. The maximum absolute atomic E-state index is 12.9. The van der Waals surface area contributed by atoms with Gasteiger partial charge in [-0.2, -0.15) is 0 Å². The highest BCUT2D eigenvalue weighted by Crippen LogP contribution is 2.29. The zero-order valence-corrected chi connectivity index (χ0v) is 19.4. The molecule has 5 rings (SSSR count). The molecule has 1 N–H and O–H groups in total. The lowest BCUT2D eigenvalue weighted by Gasteiger charge is -2.17. The number of rotatable bonds is 5. The number of hydrogen-bond donors (Lipinski definition) is 1. The van der Waals surface area contributed by atoms with Gasteiger partial charge in [0.15, 0.2) is 0 Å². The molecule has 3 heterocycles. The second-order valence-electron chi connectivity index (χ2n) is 7.75. The van der Waals surface area contributed by atoms with Gasteiger partial charge in [-0.15, -0.1) is 11.3 Å². The second kappa shape index (κ2) is 8.92. The van der Waals surface area contributed by atoms with Gasteiger partial charge >= 0.3 is 0 Å². The van der Waals surface area contributed by atoms with Crippen LogP contribution in [0.5, 0.6) is 0 Å². The lowest BCUT2D eigenvalue weighted by molar-refractivity contribution is 0.0991. The van der Waals surface area contributed by atoms with Crippen LogP contribution in [-0.4, -0.2) is 33.4 Å². The van der Waals surface area contributed by atoms with Crippen molar-refractivity contribution in [2.45, 2.75) is 0 Å². The van der Waals surface area contributed by atoms with Gasteiger partial charge in [-0.25, -0.2) is 4.98 Å². The standard InChI is InChI=1S/C26H21N5O2S/c1-30(25(33)18-6-4-3-5-7-18)19-8-9-21-20(16-19)28-26(31(21)2)29-24(32)23-11-10-22(34-23)17-12-14-27-15-13-17/h3-16H,1-2H3,(H,28,29,32). The fourth-order valence-corrected chi connectivity index (χ4v) is 4.60. The van der Waals surface area contributed by atoms with Gasteiger partial charge in [0, 0.05) is 42.6 Å². The van der Waals surface area contributed by atoms with E-state index in [4.69, 9.17) is 0 Å². The second-order valence-corrected chi connectivity index (χ2v) is 8.84. The normalized spacial score (nSPS) is 10.9. The summed E-state index contributed by atoms with van der Waals surface area (Å²) in [5.74, 6) is 0.112. The first-order chi connectivity index (χ1) is 16.5. The maximum atomic E-state index is 12.9. The molecule has 2 aromatic carbocycles. The molecule has 0 unspecified atom stereocenters. The van der Waals surface area contributed by atoms with Crippen LogP contribution in [0.25, 0.3) is 21.5 Å². The minimum absolute atomic E-state index is 0.105. The molecule has 5 aromatic rings. The average molecular weight is 468 g/mol. The van der Waals surface area contributed by atoms with Gasteiger partial charge in [0.2, 0.25) is 5.95 Å². The van der Waals surface area contributed by atoms with Crippen molar-refractivity contribution in [1.29, 1.82) is 0 Å². The summed E-state index contributed by atoms with van der Waals surface area (Å²) in [4.78, 5) is 37.5. The van der Waals surface area contributed by atoms with E-state index in [0.29, 0.717) is 21.9 Å². The summed E-state index contributed by atoms with van der Waals surface area (Å²) in [6.45, 7) is 0. The molecule has 0 saturated carbocycles. The summed E-state index contributed by atoms with van der Waals surface area (Å²) in [6, 6.07) is 22.3. The number of aryl methyl sites for hydroxylation is 1. The average Bonchev–Trinajstić information content (AvgIpc) is 3.49. The molecule has 0 spiro atoms. The third-order valence-corrected chi connectivity index (χ3v) is 6.73. The molecule has 0 atom stereocenters. The number of nitrogens with zero attached hydrogens (tertiary/aromatic N) is 4. The quantitative estimate of drug-likeness (QED) is 0.384. The van der Waals surface area contributed by atoms with E-state index < -0.39 is 0 Å². The summed E-state index contributed by atoms with van der Waals surface area (Å²) >= 11 is 1.41. The van der Waals surface area contributed by atoms with E-state index in [1.807, 2.05) is 66.2 Å². The van der Waals surface area contributed by atoms with Gasteiger partial charge in [0.05, 0.1) is 15.9 Å². The van der Waals surface area contributed by atoms with Gasteiger partial charge in [0.25, 0.3) is 11.8 Å². The van der Waals surface area contributed by atoms with E-state index in [9.17, 15) is 9.59 Å². The molecule has 34 heavy (non-hydrogen) atoms. The minimum atomic E-state index is -0.222. The third-order valence-electron chi connectivity index (χ3n) is 5.60. The Labute approximate surface area is 200 Å². The zero-order chi connectivity index (χ0) is 23.7. The van der Waals surface area contributed by atoms with E-state index in [2.05, 4.69) is 15.3 Å². The van der Waals surface area contributed by atoms with Crippen LogP contribution < -0.4 is 10.2 Å². The molecule has 7 nitrogen and oxygen atoms in total. The van der Waals surface area contributed by atoms with Crippen molar-refractivity contribution in [3.8, 4) is 10.4 Å². The lowest BCUT2D eigenvalue weighted by Crippen LogP contribution is -2.26. The molecule has 0 aliphatic carbocycles. The van der Waals surface area contributed by atoms with E-state index in [-0.39, 0.29) is 11.8 Å². The summed E-state index contributed by atoms with van der Waals surface area (Å²) in [5, 5.41) is 2.91. The molecule has 0 aliphatic rings. The van der Waals surface area contributed by atoms with E-state index in [1.165, 1.54) is 11.3 Å². The van der Waals surface area contributed by atoms with Crippen LogP contribution in [0.2, 0.25) is 0 Å². The van der Waals surface area contributed by atoms with E-state index in [1.54, 1.807) is 42.5 Å². The predicted molar refractivity (Wildman–Crippen MR) is 135 cm³/mol. The Kier molecular flexibility index (Phi) is 5.65. The molecule has 0 radical (unpaired) electrons. The molecule has 8 heteroatoms. The van der Waals surface area contributed by atoms with Crippen LogP contribution in [0.4, 0.5) is 11.6 Å². The van der Waals surface area contributed by atoms with Gasteiger partial charge in [0.1, 0.15) is 0 Å². The highest BCUT2D eigenvalue weighted by atomic mass is 32.1. The number of carbonyl (C=O) groups is 2. The van der Waals surface area contributed by atoms with Crippen LogP contribution in [0, 0.1) is 0 Å². The molecule has 168 valence electrons. The molecule has 0 fully saturated rings. The fourth-order valence-electron chi connectivity index (χ4n) is 3.69. The largest absolute Gasteiger partial charge is 0.313 e. The van der Waals surface area contributed by atoms with Crippen molar-refractivity contribution >= 4 is 45.8 Å². The molecular weight excluding hydrogens is 446 g/mol. The van der Waals surface area contributed by atoms with Crippen molar-refractivity contribution in [3.05, 3.63) is 95.6 Å². The van der Waals surface area contributed by atoms with Crippen molar-refractivity contribution in [3.63, 3.8) is 0 Å². The number of hydrogen-bond acceptors (Lipinski definition) is 5. The maximum Gasteiger partial charge on any atom is 0.268 e. The minimum Gasteiger partial charge on any atom is -0.313 e. The first-order valence-corrected chi connectivity index (χ1v) is 11.4. The Hall–Kier alpha value is -4.30. The number of amides is 2.